The fraction of sp³-hybridized carbons (Fsp3) is 0.667. The molecule has 62 valence electrons. The van der Waals surface area contributed by atoms with E-state index in [1.165, 1.54) is 0 Å². The van der Waals surface area contributed by atoms with Gasteiger partial charge in [-0.1, -0.05) is 6.92 Å². The van der Waals surface area contributed by atoms with E-state index >= 15 is 0 Å². The van der Waals surface area contributed by atoms with Crippen molar-refractivity contribution in [2.24, 2.45) is 0 Å². The molecule has 4 nitrogen and oxygen atoms in total. The molecule has 0 bridgehead atoms. The van der Waals surface area contributed by atoms with Crippen LogP contribution in [0.3, 0.4) is 0 Å². The molecule has 0 aromatic heterocycles. The third-order valence-corrected chi connectivity index (χ3v) is 2.27. The fourth-order valence-electron chi connectivity index (χ4n) is 0.939. The Kier molecular flexibility index (Phi) is 2.38. The van der Waals surface area contributed by atoms with Gasteiger partial charge in [0, 0.05) is 5.25 Å². The molecule has 2 unspecified atom stereocenters. The van der Waals surface area contributed by atoms with Gasteiger partial charge in [-0.05, 0) is 6.42 Å². The molecule has 0 spiro atoms. The monoisotopic (exact) mass is 174 g/mol. The van der Waals surface area contributed by atoms with Crippen LogP contribution in [0.4, 0.5) is 4.79 Å². The van der Waals surface area contributed by atoms with Gasteiger partial charge in [0.25, 0.3) is 5.91 Å². The van der Waals surface area contributed by atoms with Crippen molar-refractivity contribution >= 4 is 24.6 Å². The summed E-state index contributed by atoms with van der Waals surface area (Å²) in [6.45, 7) is 1.91. The molecular formula is C6H10N2O2S. The predicted octanol–water partition coefficient (Wildman–Crippen LogP) is -0.0972. The highest BCUT2D eigenvalue weighted by Gasteiger charge is 2.33. The van der Waals surface area contributed by atoms with Crippen LogP contribution in [0.1, 0.15) is 13.3 Å². The number of urea groups is 1. The molecule has 0 saturated carbocycles. The second kappa shape index (κ2) is 3.13. The van der Waals surface area contributed by atoms with Crippen LogP contribution in [0.15, 0.2) is 0 Å². The first-order valence-corrected chi connectivity index (χ1v) is 3.96. The molecule has 1 saturated heterocycles. The number of carbonyl (C=O) groups is 2. The number of amides is 3. The van der Waals surface area contributed by atoms with Gasteiger partial charge >= 0.3 is 6.03 Å². The molecule has 0 aliphatic carbocycles. The third-order valence-electron chi connectivity index (χ3n) is 1.61. The molecule has 1 rings (SSSR count). The molecule has 5 heteroatoms. The minimum absolute atomic E-state index is 0.0959. The number of nitrogens with one attached hydrogen (secondary N) is 2. The Morgan fingerprint density at radius 3 is 2.64 bits per heavy atom. The van der Waals surface area contributed by atoms with E-state index < -0.39 is 12.1 Å². The summed E-state index contributed by atoms with van der Waals surface area (Å²) in [5.74, 6) is -0.281. The van der Waals surface area contributed by atoms with Crippen molar-refractivity contribution in [1.82, 2.24) is 10.6 Å². The van der Waals surface area contributed by atoms with Crippen LogP contribution in [-0.4, -0.2) is 23.2 Å². The van der Waals surface area contributed by atoms with Crippen molar-refractivity contribution in [2.75, 3.05) is 0 Å². The van der Waals surface area contributed by atoms with E-state index in [1.54, 1.807) is 0 Å². The summed E-state index contributed by atoms with van der Waals surface area (Å²) < 4.78 is 0. The number of thiol groups is 1. The number of hydrogen-bond acceptors (Lipinski definition) is 3. The number of rotatable bonds is 2. The van der Waals surface area contributed by atoms with E-state index in [0.29, 0.717) is 0 Å². The summed E-state index contributed by atoms with van der Waals surface area (Å²) >= 11 is 4.15. The zero-order chi connectivity index (χ0) is 8.43. The van der Waals surface area contributed by atoms with E-state index in [4.69, 9.17) is 0 Å². The van der Waals surface area contributed by atoms with E-state index in [2.05, 4.69) is 23.3 Å². The standard InChI is InChI=1S/C6H10N2O2S/c1-2-3(11)4-5(9)8-6(10)7-4/h3-4,11H,2H2,1H3,(H2,7,8,9,10). The van der Waals surface area contributed by atoms with Crippen LogP contribution >= 0.6 is 12.6 Å². The maximum absolute atomic E-state index is 10.9. The second-order valence-corrected chi connectivity index (χ2v) is 3.08. The normalized spacial score (nSPS) is 26.2. The Labute approximate surface area is 70.1 Å². The topological polar surface area (TPSA) is 58.2 Å². The highest BCUT2D eigenvalue weighted by molar-refractivity contribution is 7.81. The van der Waals surface area contributed by atoms with Crippen molar-refractivity contribution in [2.45, 2.75) is 24.6 Å². The second-order valence-electron chi connectivity index (χ2n) is 2.42. The summed E-state index contributed by atoms with van der Waals surface area (Å²) in [6.07, 6.45) is 0.751. The van der Waals surface area contributed by atoms with Crippen LogP contribution in [-0.2, 0) is 4.79 Å². The Hall–Kier alpha value is -0.710. The highest BCUT2D eigenvalue weighted by Crippen LogP contribution is 2.09. The zero-order valence-electron chi connectivity index (χ0n) is 6.13. The van der Waals surface area contributed by atoms with Gasteiger partial charge in [0.2, 0.25) is 0 Å². The van der Waals surface area contributed by atoms with Gasteiger partial charge in [-0.25, -0.2) is 4.79 Å². The van der Waals surface area contributed by atoms with Crippen LogP contribution in [0.2, 0.25) is 0 Å². The number of hydrogen-bond donors (Lipinski definition) is 3. The summed E-state index contributed by atoms with van der Waals surface area (Å²) in [5, 5.41) is 4.53. The van der Waals surface area contributed by atoms with Gasteiger partial charge in [0.1, 0.15) is 6.04 Å². The molecular weight excluding hydrogens is 164 g/mol. The summed E-state index contributed by atoms with van der Waals surface area (Å²) in [6, 6.07) is -0.886. The first kappa shape index (κ1) is 8.39. The van der Waals surface area contributed by atoms with Gasteiger partial charge in [-0.3, -0.25) is 10.1 Å². The molecule has 2 N–H and O–H groups in total. The van der Waals surface area contributed by atoms with E-state index in [-0.39, 0.29) is 11.2 Å². The van der Waals surface area contributed by atoms with Gasteiger partial charge in [0.05, 0.1) is 0 Å². The quantitative estimate of drug-likeness (QED) is 0.404. The third kappa shape index (κ3) is 1.65. The minimum Gasteiger partial charge on any atom is -0.325 e. The molecule has 1 aliphatic rings. The zero-order valence-corrected chi connectivity index (χ0v) is 7.02. The SMILES string of the molecule is CCC(S)C1NC(=O)NC1=O. The number of carbonyl (C=O) groups excluding carboxylic acids is 2. The summed E-state index contributed by atoms with van der Waals surface area (Å²) in [7, 11) is 0. The molecule has 1 fully saturated rings. The lowest BCUT2D eigenvalue weighted by Gasteiger charge is -2.12. The van der Waals surface area contributed by atoms with Crippen molar-refractivity contribution in [1.29, 1.82) is 0 Å². The van der Waals surface area contributed by atoms with Crippen LogP contribution in [0.25, 0.3) is 0 Å². The van der Waals surface area contributed by atoms with Crippen LogP contribution in [0, 0.1) is 0 Å². The van der Waals surface area contributed by atoms with E-state index in [1.807, 2.05) is 6.92 Å². The van der Waals surface area contributed by atoms with Gasteiger partial charge in [0.15, 0.2) is 0 Å². The maximum atomic E-state index is 10.9. The van der Waals surface area contributed by atoms with Crippen molar-refractivity contribution in [3.8, 4) is 0 Å². The molecule has 0 aromatic carbocycles. The summed E-state index contributed by atoms with van der Waals surface area (Å²) in [5.41, 5.74) is 0. The van der Waals surface area contributed by atoms with Crippen molar-refractivity contribution < 1.29 is 9.59 Å². The van der Waals surface area contributed by atoms with E-state index in [0.717, 1.165) is 6.42 Å². The lowest BCUT2D eigenvalue weighted by atomic mass is 10.1. The average Bonchev–Trinajstić information content (AvgIpc) is 2.28. The lowest BCUT2D eigenvalue weighted by molar-refractivity contribution is -0.120. The minimum atomic E-state index is -0.462. The van der Waals surface area contributed by atoms with Crippen molar-refractivity contribution in [3.05, 3.63) is 0 Å². The smallest absolute Gasteiger partial charge is 0.322 e. The molecule has 0 aromatic rings. The van der Waals surface area contributed by atoms with Gasteiger partial charge < -0.3 is 5.32 Å². The van der Waals surface area contributed by atoms with E-state index in [9.17, 15) is 9.59 Å². The first-order chi connectivity index (χ1) is 5.15. The molecule has 0 radical (unpaired) electrons. The Morgan fingerprint density at radius 2 is 2.27 bits per heavy atom. The van der Waals surface area contributed by atoms with Gasteiger partial charge in [-0.15, -0.1) is 0 Å². The Morgan fingerprint density at radius 1 is 1.64 bits per heavy atom. The fourth-order valence-corrected chi connectivity index (χ4v) is 1.15. The average molecular weight is 174 g/mol. The molecule has 3 amide bonds. The molecule has 2 atom stereocenters. The summed E-state index contributed by atoms with van der Waals surface area (Å²) in [4.78, 5) is 21.5. The largest absolute Gasteiger partial charge is 0.325 e. The molecule has 1 aliphatic heterocycles. The maximum Gasteiger partial charge on any atom is 0.322 e. The van der Waals surface area contributed by atoms with Crippen LogP contribution < -0.4 is 10.6 Å². The Balaban J connectivity index is 2.59. The lowest BCUT2D eigenvalue weighted by Crippen LogP contribution is -2.37. The van der Waals surface area contributed by atoms with Crippen molar-refractivity contribution in [3.63, 3.8) is 0 Å². The Bertz CT molecular complexity index is 195. The molecule has 11 heavy (non-hydrogen) atoms. The number of imide groups is 1. The van der Waals surface area contributed by atoms with Crippen LogP contribution in [0.5, 0.6) is 0 Å². The predicted molar refractivity (Wildman–Crippen MR) is 43.5 cm³/mol. The first-order valence-electron chi connectivity index (χ1n) is 3.44. The molecule has 1 heterocycles. The van der Waals surface area contributed by atoms with Gasteiger partial charge in [-0.2, -0.15) is 12.6 Å². The highest BCUT2D eigenvalue weighted by atomic mass is 32.1.